The van der Waals surface area contributed by atoms with Crippen molar-refractivity contribution in [3.8, 4) is 0 Å². The van der Waals surface area contributed by atoms with Crippen LogP contribution in [0.1, 0.15) is 0 Å². The van der Waals surface area contributed by atoms with E-state index in [4.69, 9.17) is 0 Å². The second kappa shape index (κ2) is 3.23. The van der Waals surface area contributed by atoms with Gasteiger partial charge in [0.15, 0.2) is 0 Å². The summed E-state index contributed by atoms with van der Waals surface area (Å²) in [6.07, 6.45) is 0. The molecule has 0 radical (unpaired) electrons. The molecular formula is C10H7N2O-. The van der Waals surface area contributed by atoms with Gasteiger partial charge in [0, 0.05) is 0 Å². The highest BCUT2D eigenvalue weighted by molar-refractivity contribution is 5.84. The molecule has 13 heavy (non-hydrogen) atoms. The van der Waals surface area contributed by atoms with Crippen molar-refractivity contribution in [1.82, 2.24) is 0 Å². The Morgan fingerprint density at radius 3 is 2.46 bits per heavy atom. The fraction of sp³-hybridized carbons (Fsp3) is 0. The molecule has 3 heteroatoms. The van der Waals surface area contributed by atoms with Crippen LogP contribution in [0.4, 0.5) is 5.69 Å². The summed E-state index contributed by atoms with van der Waals surface area (Å²) in [6.45, 7) is 0. The van der Waals surface area contributed by atoms with Crippen molar-refractivity contribution in [2.24, 2.45) is 10.4 Å². The van der Waals surface area contributed by atoms with Crippen LogP contribution in [0.3, 0.4) is 0 Å². The monoisotopic (exact) mass is 171 g/mol. The molecule has 0 aliphatic heterocycles. The Bertz CT molecular complexity index is 451. The van der Waals surface area contributed by atoms with E-state index in [2.05, 4.69) is 10.4 Å². The Balaban J connectivity index is 2.62. The van der Waals surface area contributed by atoms with Crippen LogP contribution < -0.4 is 0 Å². The van der Waals surface area contributed by atoms with E-state index in [0.29, 0.717) is 5.69 Å². The number of benzene rings is 2. The van der Waals surface area contributed by atoms with Crippen molar-refractivity contribution in [2.75, 3.05) is 0 Å². The number of hydrogen-bond acceptors (Lipinski definition) is 3. The van der Waals surface area contributed by atoms with Crippen LogP contribution in [0, 0.1) is 5.21 Å². The third-order valence-corrected chi connectivity index (χ3v) is 1.89. The van der Waals surface area contributed by atoms with Gasteiger partial charge in [-0.3, -0.25) is 0 Å². The van der Waals surface area contributed by atoms with Gasteiger partial charge in [-0.25, -0.2) is 5.28 Å². The van der Waals surface area contributed by atoms with Crippen molar-refractivity contribution in [2.45, 2.75) is 0 Å². The van der Waals surface area contributed by atoms with Gasteiger partial charge in [0.2, 0.25) is 0 Å². The number of fused-ring (bicyclic) bond motifs is 1. The fourth-order valence-corrected chi connectivity index (χ4v) is 1.29. The van der Waals surface area contributed by atoms with Crippen LogP contribution in [-0.4, -0.2) is 0 Å². The first kappa shape index (κ1) is 7.73. The largest absolute Gasteiger partial charge is 0.775 e. The van der Waals surface area contributed by atoms with E-state index >= 15 is 0 Å². The molecule has 0 saturated carbocycles. The van der Waals surface area contributed by atoms with Crippen LogP contribution >= 0.6 is 0 Å². The maximum atomic E-state index is 9.89. The molecule has 2 aromatic carbocycles. The summed E-state index contributed by atoms with van der Waals surface area (Å²) < 4.78 is 0. The summed E-state index contributed by atoms with van der Waals surface area (Å²) in [5.41, 5.74) is 0.591. The Labute approximate surface area is 75.3 Å². The highest BCUT2D eigenvalue weighted by atomic mass is 16.5. The predicted molar refractivity (Wildman–Crippen MR) is 51.8 cm³/mol. The second-order valence-corrected chi connectivity index (χ2v) is 2.71. The Morgan fingerprint density at radius 1 is 0.923 bits per heavy atom. The highest BCUT2D eigenvalue weighted by Crippen LogP contribution is 2.20. The first-order valence-corrected chi connectivity index (χ1v) is 3.92. The fourth-order valence-electron chi connectivity index (χ4n) is 1.29. The van der Waals surface area contributed by atoms with E-state index < -0.39 is 0 Å². The topological polar surface area (TPSA) is 47.8 Å². The third kappa shape index (κ3) is 1.49. The van der Waals surface area contributed by atoms with Crippen LogP contribution in [-0.2, 0) is 0 Å². The quantitative estimate of drug-likeness (QED) is 0.479. The van der Waals surface area contributed by atoms with Crippen molar-refractivity contribution < 1.29 is 0 Å². The molecule has 0 saturated heterocycles. The third-order valence-electron chi connectivity index (χ3n) is 1.89. The average molecular weight is 171 g/mol. The molecule has 0 N–H and O–H groups in total. The van der Waals surface area contributed by atoms with Gasteiger partial charge in [-0.1, -0.05) is 30.3 Å². The number of rotatable bonds is 1. The lowest BCUT2D eigenvalue weighted by molar-refractivity contribution is 1.24. The van der Waals surface area contributed by atoms with Crippen molar-refractivity contribution in [3.05, 3.63) is 47.7 Å². The summed E-state index contributed by atoms with van der Waals surface area (Å²) in [6, 6.07) is 13.4. The maximum absolute atomic E-state index is 9.89. The average Bonchev–Trinajstić information content (AvgIpc) is 2.18. The van der Waals surface area contributed by atoms with Crippen LogP contribution in [0.5, 0.6) is 0 Å². The lowest BCUT2D eigenvalue weighted by Gasteiger charge is -1.98. The Morgan fingerprint density at radius 2 is 1.69 bits per heavy atom. The molecule has 2 rings (SSSR count). The minimum absolute atomic E-state index is 0.591. The Hall–Kier alpha value is -1.90. The van der Waals surface area contributed by atoms with Gasteiger partial charge in [0.1, 0.15) is 0 Å². The van der Waals surface area contributed by atoms with Crippen molar-refractivity contribution in [1.29, 1.82) is 0 Å². The minimum atomic E-state index is 0.591. The zero-order valence-electron chi connectivity index (χ0n) is 6.84. The smallest absolute Gasteiger partial charge is 0.0855 e. The molecule has 0 aliphatic rings. The first-order chi connectivity index (χ1) is 6.40. The normalized spacial score (nSPS) is 11.1. The van der Waals surface area contributed by atoms with Crippen molar-refractivity contribution >= 4 is 16.5 Å². The van der Waals surface area contributed by atoms with Gasteiger partial charge in [-0.05, 0) is 22.9 Å². The summed E-state index contributed by atoms with van der Waals surface area (Å²) >= 11 is 0. The van der Waals surface area contributed by atoms with E-state index in [-0.39, 0.29) is 0 Å². The molecule has 3 nitrogen and oxygen atoms in total. The van der Waals surface area contributed by atoms with Crippen molar-refractivity contribution in [3.63, 3.8) is 0 Å². The summed E-state index contributed by atoms with van der Waals surface area (Å²) in [5, 5.41) is 18.0. The molecule has 0 unspecified atom stereocenters. The number of nitrogens with zero attached hydrogens (tertiary/aromatic N) is 2. The van der Waals surface area contributed by atoms with Gasteiger partial charge >= 0.3 is 0 Å². The minimum Gasteiger partial charge on any atom is -0.775 e. The van der Waals surface area contributed by atoms with Crippen LogP contribution in [0.25, 0.3) is 10.8 Å². The second-order valence-electron chi connectivity index (χ2n) is 2.71. The maximum Gasteiger partial charge on any atom is 0.0855 e. The van der Waals surface area contributed by atoms with E-state index in [0.717, 1.165) is 10.8 Å². The lowest BCUT2D eigenvalue weighted by atomic mass is 10.1. The molecular weight excluding hydrogens is 164 g/mol. The van der Waals surface area contributed by atoms with Gasteiger partial charge < -0.3 is 5.21 Å². The summed E-state index contributed by atoms with van der Waals surface area (Å²) in [7, 11) is 0. The van der Waals surface area contributed by atoms with E-state index in [1.54, 1.807) is 6.07 Å². The van der Waals surface area contributed by atoms with E-state index in [1.165, 1.54) is 0 Å². The first-order valence-electron chi connectivity index (χ1n) is 3.92. The summed E-state index contributed by atoms with van der Waals surface area (Å²) in [5.74, 6) is 0. The highest BCUT2D eigenvalue weighted by Gasteiger charge is 1.92. The lowest BCUT2D eigenvalue weighted by Crippen LogP contribution is -1.70. The van der Waals surface area contributed by atoms with Gasteiger partial charge in [0.25, 0.3) is 0 Å². The van der Waals surface area contributed by atoms with Gasteiger partial charge in [0.05, 0.1) is 5.69 Å². The molecule has 0 aromatic heterocycles. The predicted octanol–water partition coefficient (Wildman–Crippen LogP) is 3.42. The number of hydrogen-bond donors (Lipinski definition) is 0. The molecule has 0 amide bonds. The summed E-state index contributed by atoms with van der Waals surface area (Å²) in [4.78, 5) is 0. The standard InChI is InChI=1S/C10H8N2O/c13-12-11-10-6-5-8-3-1-2-4-9(8)7-10/h1-7H,(H,11,13)/p-1. The zero-order chi connectivity index (χ0) is 9.10. The zero-order valence-corrected chi connectivity index (χ0v) is 6.84. The molecule has 0 spiro atoms. The van der Waals surface area contributed by atoms with Crippen LogP contribution in [0.2, 0.25) is 0 Å². The molecule has 2 aromatic rings. The van der Waals surface area contributed by atoms with E-state index in [9.17, 15) is 5.21 Å². The molecule has 0 atom stereocenters. The van der Waals surface area contributed by atoms with Gasteiger partial charge in [-0.15, -0.1) is 0 Å². The van der Waals surface area contributed by atoms with Crippen LogP contribution in [0.15, 0.2) is 52.9 Å². The van der Waals surface area contributed by atoms with E-state index in [1.807, 2.05) is 36.4 Å². The van der Waals surface area contributed by atoms with Gasteiger partial charge in [-0.2, -0.15) is 5.11 Å². The molecule has 0 heterocycles. The Kier molecular flexibility index (Phi) is 1.92. The molecule has 0 fully saturated rings. The molecule has 64 valence electrons. The molecule has 0 bridgehead atoms. The SMILES string of the molecule is [O-]N=Nc1ccc2ccccc2c1. The molecule has 0 aliphatic carbocycles.